The minimum atomic E-state index is -4.13. The van der Waals surface area contributed by atoms with E-state index in [4.69, 9.17) is 4.74 Å². The van der Waals surface area contributed by atoms with Crippen LogP contribution in [0.1, 0.15) is 62.3 Å². The fourth-order valence-corrected chi connectivity index (χ4v) is 7.59. The lowest BCUT2D eigenvalue weighted by Gasteiger charge is -2.33. The van der Waals surface area contributed by atoms with Gasteiger partial charge >= 0.3 is 12.0 Å². The van der Waals surface area contributed by atoms with Gasteiger partial charge in [-0.3, -0.25) is 4.79 Å². The molecule has 0 aliphatic rings. The zero-order valence-electron chi connectivity index (χ0n) is 25.5. The van der Waals surface area contributed by atoms with E-state index in [2.05, 4.69) is 23.9 Å². The molecule has 43 heavy (non-hydrogen) atoms. The Morgan fingerprint density at radius 2 is 1.60 bits per heavy atom. The van der Waals surface area contributed by atoms with Crippen molar-refractivity contribution in [3.05, 3.63) is 76.7 Å². The molecule has 0 aliphatic heterocycles. The Kier molecular flexibility index (Phi) is 11.9. The lowest BCUT2D eigenvalue weighted by Crippen LogP contribution is -2.48. The molecule has 1 aromatic heterocycles. The third-order valence-electron chi connectivity index (χ3n) is 6.56. The first-order chi connectivity index (χ1) is 20.4. The fourth-order valence-electron chi connectivity index (χ4n) is 4.71. The van der Waals surface area contributed by atoms with Crippen LogP contribution in [0.5, 0.6) is 0 Å². The van der Waals surface area contributed by atoms with Gasteiger partial charge in [-0.25, -0.2) is 22.7 Å². The summed E-state index contributed by atoms with van der Waals surface area (Å²) in [6, 6.07) is 16.3. The molecule has 3 rings (SSSR count). The number of benzene rings is 2. The highest BCUT2D eigenvalue weighted by Crippen LogP contribution is 2.36. The second kappa shape index (κ2) is 15.2. The zero-order chi connectivity index (χ0) is 31.7. The van der Waals surface area contributed by atoms with Gasteiger partial charge < -0.3 is 15.0 Å². The average Bonchev–Trinajstić information content (AvgIpc) is 3.37. The molecule has 11 heteroatoms. The lowest BCUT2D eigenvalue weighted by atomic mass is 9.99. The largest absolute Gasteiger partial charge is 0.464 e. The molecule has 0 saturated carbocycles. The van der Waals surface area contributed by atoms with Crippen LogP contribution in [-0.2, 0) is 32.5 Å². The number of carbonyl (C=O) groups excluding carboxylic acids is 3. The topological polar surface area (TPSA) is 122 Å². The van der Waals surface area contributed by atoms with E-state index in [9.17, 15) is 22.8 Å². The van der Waals surface area contributed by atoms with E-state index < -0.39 is 28.1 Å². The molecule has 3 aromatic rings. The summed E-state index contributed by atoms with van der Waals surface area (Å²) in [7, 11) is -4.13. The molecule has 0 radical (unpaired) electrons. The molecular weight excluding hydrogens is 587 g/mol. The Morgan fingerprint density at radius 1 is 0.953 bits per heavy atom. The summed E-state index contributed by atoms with van der Waals surface area (Å²) in [4.78, 5) is 41.2. The third kappa shape index (κ3) is 8.90. The highest BCUT2D eigenvalue weighted by atomic mass is 32.2. The van der Waals surface area contributed by atoms with Gasteiger partial charge in [-0.05, 0) is 61.4 Å². The molecule has 1 heterocycles. The van der Waals surface area contributed by atoms with Gasteiger partial charge in [0.1, 0.15) is 10.3 Å². The Hall–Kier alpha value is -3.70. The van der Waals surface area contributed by atoms with Crippen LogP contribution in [0.4, 0.5) is 4.79 Å². The fraction of sp³-hybridized carbons (Fsp3) is 0.406. The van der Waals surface area contributed by atoms with Crippen molar-refractivity contribution in [2.24, 2.45) is 11.8 Å². The monoisotopic (exact) mass is 627 g/mol. The number of nitrogens with zero attached hydrogens (tertiary/aromatic N) is 1. The SMILES string of the molecule is CCNC(=O)NS(=O)(=O)c1sc(CC(C)C)cc1-c1ccc(CN(C(=O)c2ccccc2)[C@H](C(=O)OCC)C(C)C)cc1. The van der Waals surface area contributed by atoms with Crippen molar-refractivity contribution >= 4 is 39.3 Å². The molecule has 0 fully saturated rings. The molecule has 0 aliphatic carbocycles. The van der Waals surface area contributed by atoms with Gasteiger partial charge in [0.25, 0.3) is 15.9 Å². The molecule has 2 aromatic carbocycles. The van der Waals surface area contributed by atoms with Gasteiger partial charge in [-0.2, -0.15) is 0 Å². The van der Waals surface area contributed by atoms with Gasteiger partial charge in [0, 0.05) is 29.1 Å². The van der Waals surface area contributed by atoms with E-state index >= 15 is 0 Å². The normalized spacial score (nSPS) is 12.2. The summed E-state index contributed by atoms with van der Waals surface area (Å²) < 4.78 is 34.0. The number of amides is 3. The lowest BCUT2D eigenvalue weighted by molar-refractivity contribution is -0.150. The van der Waals surface area contributed by atoms with Crippen molar-refractivity contribution in [1.82, 2.24) is 14.9 Å². The smallest absolute Gasteiger partial charge is 0.329 e. The van der Waals surface area contributed by atoms with Crippen LogP contribution in [0.2, 0.25) is 0 Å². The number of ether oxygens (including phenoxy) is 1. The standard InChI is InChI=1S/C32H41N3O6S2/c1-7-33-32(38)34-43(39,40)31-27(19-26(42-31)18-21(3)4)24-16-14-23(15-17-24)20-35(28(22(5)6)30(37)41-8-2)29(36)25-12-10-9-11-13-25/h9-17,19,21-22,28H,7-8,18,20H2,1-6H3,(H2,33,34,38)/t28-/m0/s1. The van der Waals surface area contributed by atoms with E-state index in [1.807, 2.05) is 38.1 Å². The summed E-state index contributed by atoms with van der Waals surface area (Å²) in [5.41, 5.74) is 2.36. The number of thiophene rings is 1. The first-order valence-electron chi connectivity index (χ1n) is 14.4. The first-order valence-corrected chi connectivity index (χ1v) is 16.7. The molecule has 2 N–H and O–H groups in total. The van der Waals surface area contributed by atoms with Gasteiger partial charge in [0.15, 0.2) is 0 Å². The summed E-state index contributed by atoms with van der Waals surface area (Å²) in [6.45, 7) is 11.9. The number of carbonyl (C=O) groups is 3. The molecule has 232 valence electrons. The maximum Gasteiger partial charge on any atom is 0.329 e. The van der Waals surface area contributed by atoms with E-state index in [0.717, 1.165) is 21.8 Å². The van der Waals surface area contributed by atoms with Crippen LogP contribution in [0.25, 0.3) is 11.1 Å². The van der Waals surface area contributed by atoms with E-state index in [0.29, 0.717) is 29.0 Å². The second-order valence-electron chi connectivity index (χ2n) is 10.9. The van der Waals surface area contributed by atoms with Crippen LogP contribution in [0.3, 0.4) is 0 Å². The summed E-state index contributed by atoms with van der Waals surface area (Å²) in [6.07, 6.45) is 0.688. The van der Waals surface area contributed by atoms with Gasteiger partial charge in [-0.1, -0.05) is 70.2 Å². The van der Waals surface area contributed by atoms with E-state index in [-0.39, 0.29) is 35.7 Å². The number of sulfonamides is 1. The Morgan fingerprint density at radius 3 is 2.16 bits per heavy atom. The Balaban J connectivity index is 2.01. The number of esters is 1. The Bertz CT molecular complexity index is 1500. The Labute approximate surface area is 258 Å². The molecule has 9 nitrogen and oxygen atoms in total. The second-order valence-corrected chi connectivity index (χ2v) is 13.9. The maximum atomic E-state index is 13.7. The van der Waals surface area contributed by atoms with Crippen molar-refractivity contribution in [2.75, 3.05) is 13.2 Å². The number of rotatable bonds is 13. The van der Waals surface area contributed by atoms with Crippen LogP contribution < -0.4 is 10.0 Å². The van der Waals surface area contributed by atoms with Crippen molar-refractivity contribution in [3.63, 3.8) is 0 Å². The van der Waals surface area contributed by atoms with Crippen LogP contribution in [0.15, 0.2) is 64.9 Å². The predicted octanol–water partition coefficient (Wildman–Crippen LogP) is 5.85. The van der Waals surface area contributed by atoms with Crippen molar-refractivity contribution in [3.8, 4) is 11.1 Å². The summed E-state index contributed by atoms with van der Waals surface area (Å²) in [5.74, 6) is -0.662. The van der Waals surface area contributed by atoms with Crippen LogP contribution >= 0.6 is 11.3 Å². The molecule has 0 saturated heterocycles. The van der Waals surface area contributed by atoms with Gasteiger partial charge in [0.05, 0.1) is 6.61 Å². The number of urea groups is 1. The van der Waals surface area contributed by atoms with Gasteiger partial charge in [0.2, 0.25) is 0 Å². The third-order valence-corrected chi connectivity index (χ3v) is 9.58. The van der Waals surface area contributed by atoms with E-state index in [1.165, 1.54) is 4.90 Å². The average molecular weight is 628 g/mol. The minimum Gasteiger partial charge on any atom is -0.464 e. The quantitative estimate of drug-likeness (QED) is 0.229. The summed E-state index contributed by atoms with van der Waals surface area (Å²) >= 11 is 1.15. The molecule has 1 atom stereocenters. The van der Waals surface area contributed by atoms with Crippen LogP contribution in [0, 0.1) is 11.8 Å². The van der Waals surface area contributed by atoms with Crippen molar-refractivity contribution in [1.29, 1.82) is 0 Å². The number of nitrogens with one attached hydrogen (secondary N) is 2. The molecule has 0 spiro atoms. The highest BCUT2D eigenvalue weighted by molar-refractivity contribution is 7.92. The predicted molar refractivity (Wildman–Crippen MR) is 169 cm³/mol. The minimum absolute atomic E-state index is 0.0604. The highest BCUT2D eigenvalue weighted by Gasteiger charge is 2.34. The number of hydrogen-bond donors (Lipinski definition) is 2. The summed E-state index contributed by atoms with van der Waals surface area (Å²) in [5, 5.41) is 2.46. The van der Waals surface area contributed by atoms with E-state index in [1.54, 1.807) is 50.2 Å². The molecular formula is C32H41N3O6S2. The first kappa shape index (κ1) is 33.8. The van der Waals surface area contributed by atoms with Crippen molar-refractivity contribution in [2.45, 2.75) is 64.8 Å². The molecule has 0 unspecified atom stereocenters. The molecule has 0 bridgehead atoms. The zero-order valence-corrected chi connectivity index (χ0v) is 27.2. The van der Waals surface area contributed by atoms with Gasteiger partial charge in [-0.15, -0.1) is 11.3 Å². The van der Waals surface area contributed by atoms with Crippen molar-refractivity contribution < 1.29 is 27.5 Å². The maximum absolute atomic E-state index is 13.7. The number of hydrogen-bond acceptors (Lipinski definition) is 7. The van der Waals surface area contributed by atoms with Crippen LogP contribution in [-0.4, -0.2) is 50.4 Å². The molecule has 3 amide bonds.